The molecule has 1 aromatic carbocycles. The monoisotopic (exact) mass is 428 g/mol. The third-order valence-corrected chi connectivity index (χ3v) is 6.84. The topological polar surface area (TPSA) is 66.0 Å². The summed E-state index contributed by atoms with van der Waals surface area (Å²) >= 11 is 1.65. The predicted octanol–water partition coefficient (Wildman–Crippen LogP) is 2.47. The second kappa shape index (κ2) is 9.14. The molecule has 0 radical (unpaired) electrons. The van der Waals surface area contributed by atoms with E-state index in [-0.39, 0.29) is 17.9 Å². The fourth-order valence-corrected chi connectivity index (χ4v) is 5.03. The van der Waals surface area contributed by atoms with Gasteiger partial charge in [-0.1, -0.05) is 0 Å². The van der Waals surface area contributed by atoms with Gasteiger partial charge in [-0.25, -0.2) is 4.98 Å². The fraction of sp³-hybridized carbons (Fsp3) is 0.500. The molecule has 2 fully saturated rings. The molecule has 4 rings (SSSR count). The van der Waals surface area contributed by atoms with E-state index in [9.17, 15) is 9.59 Å². The number of piperazine rings is 1. The minimum Gasteiger partial charge on any atom is -0.497 e. The Morgan fingerprint density at radius 2 is 1.87 bits per heavy atom. The van der Waals surface area contributed by atoms with Crippen LogP contribution in [0.4, 0.5) is 0 Å². The number of hydrogen-bond acceptors (Lipinski definition) is 6. The maximum atomic E-state index is 12.9. The van der Waals surface area contributed by atoms with Gasteiger partial charge in [-0.3, -0.25) is 14.5 Å². The number of amides is 2. The summed E-state index contributed by atoms with van der Waals surface area (Å²) in [6.45, 7) is 6.11. The van der Waals surface area contributed by atoms with Crippen LogP contribution < -0.4 is 4.74 Å². The van der Waals surface area contributed by atoms with E-state index in [1.165, 1.54) is 0 Å². The first-order valence-corrected chi connectivity index (χ1v) is 11.3. The zero-order chi connectivity index (χ0) is 21.1. The van der Waals surface area contributed by atoms with Gasteiger partial charge < -0.3 is 14.5 Å². The predicted molar refractivity (Wildman–Crippen MR) is 116 cm³/mol. The van der Waals surface area contributed by atoms with Crippen molar-refractivity contribution in [1.29, 1.82) is 0 Å². The van der Waals surface area contributed by atoms with Crippen LogP contribution in [-0.4, -0.2) is 77.4 Å². The number of carbonyl (C=O) groups is 2. The molecule has 2 aliphatic rings. The molecule has 3 heterocycles. The average molecular weight is 429 g/mol. The van der Waals surface area contributed by atoms with Gasteiger partial charge in [-0.05, 0) is 37.1 Å². The van der Waals surface area contributed by atoms with Gasteiger partial charge in [0.25, 0.3) is 0 Å². The Hall–Kier alpha value is -2.45. The summed E-state index contributed by atoms with van der Waals surface area (Å²) in [6.07, 6.45) is 1.70. The van der Waals surface area contributed by atoms with Crippen molar-refractivity contribution < 1.29 is 14.3 Å². The minimum atomic E-state index is -0.264. The minimum absolute atomic E-state index is 0.000632. The number of methoxy groups -OCH3 is 1. The zero-order valence-electron chi connectivity index (χ0n) is 17.5. The molecule has 2 saturated heterocycles. The number of thiazole rings is 1. The molecule has 30 heavy (non-hydrogen) atoms. The van der Waals surface area contributed by atoms with E-state index in [0.717, 1.165) is 54.5 Å². The average Bonchev–Trinajstić information content (AvgIpc) is 3.44. The molecule has 1 aromatic heterocycles. The standard InChI is InChI=1S/C22H28N4O3S/c1-16(27)26-9-3-4-20(26)22(28)25-12-10-24(11-13-25)14-18-15-30-21(23-18)17-5-7-19(29-2)8-6-17/h5-8,15,20H,3-4,9-14H2,1-2H3. The quantitative estimate of drug-likeness (QED) is 0.732. The molecule has 2 amide bonds. The van der Waals surface area contributed by atoms with Crippen molar-refractivity contribution in [2.24, 2.45) is 0 Å². The molecule has 0 aliphatic carbocycles. The first-order valence-electron chi connectivity index (χ1n) is 10.4. The van der Waals surface area contributed by atoms with Crippen LogP contribution in [0.15, 0.2) is 29.6 Å². The van der Waals surface area contributed by atoms with Crippen molar-refractivity contribution in [3.63, 3.8) is 0 Å². The van der Waals surface area contributed by atoms with E-state index in [1.54, 1.807) is 30.3 Å². The Bertz CT molecular complexity index is 890. The van der Waals surface area contributed by atoms with Gasteiger partial charge in [0.05, 0.1) is 12.8 Å². The van der Waals surface area contributed by atoms with Crippen molar-refractivity contribution in [3.8, 4) is 16.3 Å². The Kier molecular flexibility index (Phi) is 6.34. The molecular weight excluding hydrogens is 400 g/mol. The van der Waals surface area contributed by atoms with Crippen LogP contribution in [0.1, 0.15) is 25.5 Å². The lowest BCUT2D eigenvalue weighted by molar-refractivity contribution is -0.144. The normalized spacial score (nSPS) is 19.9. The second-order valence-corrected chi connectivity index (χ2v) is 8.70. The first-order chi connectivity index (χ1) is 14.5. The van der Waals surface area contributed by atoms with Crippen molar-refractivity contribution in [2.75, 3.05) is 39.8 Å². The van der Waals surface area contributed by atoms with E-state index in [0.29, 0.717) is 19.6 Å². The SMILES string of the molecule is COc1ccc(-c2nc(CN3CCN(C(=O)C4CCCN4C(C)=O)CC3)cs2)cc1. The summed E-state index contributed by atoms with van der Waals surface area (Å²) in [5, 5.41) is 3.12. The van der Waals surface area contributed by atoms with Crippen molar-refractivity contribution in [2.45, 2.75) is 32.4 Å². The number of nitrogens with zero attached hydrogens (tertiary/aromatic N) is 4. The van der Waals surface area contributed by atoms with E-state index >= 15 is 0 Å². The summed E-state index contributed by atoms with van der Waals surface area (Å²) in [5.74, 6) is 0.949. The third-order valence-electron chi connectivity index (χ3n) is 5.90. The van der Waals surface area contributed by atoms with E-state index in [1.807, 2.05) is 29.2 Å². The maximum absolute atomic E-state index is 12.9. The summed E-state index contributed by atoms with van der Waals surface area (Å²) in [5.41, 5.74) is 2.15. The molecule has 2 aromatic rings. The van der Waals surface area contributed by atoms with Gasteiger partial charge in [-0.15, -0.1) is 11.3 Å². The largest absolute Gasteiger partial charge is 0.497 e. The highest BCUT2D eigenvalue weighted by atomic mass is 32.1. The lowest BCUT2D eigenvalue weighted by Gasteiger charge is -2.37. The Labute approximate surface area is 181 Å². The molecule has 160 valence electrons. The van der Waals surface area contributed by atoms with Crippen molar-refractivity contribution >= 4 is 23.2 Å². The van der Waals surface area contributed by atoms with Crippen LogP contribution in [0, 0.1) is 0 Å². The third kappa shape index (κ3) is 4.49. The second-order valence-electron chi connectivity index (χ2n) is 7.84. The number of benzene rings is 1. The summed E-state index contributed by atoms with van der Waals surface area (Å²) in [4.78, 5) is 35.4. The van der Waals surface area contributed by atoms with Gasteiger partial charge in [0.1, 0.15) is 16.8 Å². The smallest absolute Gasteiger partial charge is 0.245 e. The summed E-state index contributed by atoms with van der Waals surface area (Å²) < 4.78 is 5.22. The van der Waals surface area contributed by atoms with Crippen LogP contribution in [0.5, 0.6) is 5.75 Å². The van der Waals surface area contributed by atoms with E-state index in [4.69, 9.17) is 9.72 Å². The van der Waals surface area contributed by atoms with Crippen LogP contribution in [0.2, 0.25) is 0 Å². The summed E-state index contributed by atoms with van der Waals surface area (Å²) in [7, 11) is 1.66. The Balaban J connectivity index is 1.30. The molecule has 2 aliphatic heterocycles. The molecule has 0 N–H and O–H groups in total. The van der Waals surface area contributed by atoms with Gasteiger partial charge in [-0.2, -0.15) is 0 Å². The van der Waals surface area contributed by atoms with Crippen LogP contribution in [0.3, 0.4) is 0 Å². The highest BCUT2D eigenvalue weighted by Crippen LogP contribution is 2.26. The van der Waals surface area contributed by atoms with Gasteiger partial charge in [0, 0.05) is 57.1 Å². The Morgan fingerprint density at radius 1 is 1.13 bits per heavy atom. The van der Waals surface area contributed by atoms with Gasteiger partial charge in [0.15, 0.2) is 0 Å². The van der Waals surface area contributed by atoms with Crippen molar-refractivity contribution in [3.05, 3.63) is 35.3 Å². The number of likely N-dealkylation sites (tertiary alicyclic amines) is 1. The number of aromatic nitrogens is 1. The highest BCUT2D eigenvalue weighted by molar-refractivity contribution is 7.13. The molecule has 0 bridgehead atoms. The molecular formula is C22H28N4O3S. The Morgan fingerprint density at radius 3 is 2.53 bits per heavy atom. The number of ether oxygens (including phenoxy) is 1. The number of rotatable bonds is 5. The maximum Gasteiger partial charge on any atom is 0.245 e. The van der Waals surface area contributed by atoms with Crippen molar-refractivity contribution in [1.82, 2.24) is 19.7 Å². The highest BCUT2D eigenvalue weighted by Gasteiger charge is 2.36. The van der Waals surface area contributed by atoms with E-state index < -0.39 is 0 Å². The lowest BCUT2D eigenvalue weighted by Crippen LogP contribution is -2.54. The molecule has 0 saturated carbocycles. The molecule has 0 spiro atoms. The van der Waals surface area contributed by atoms with E-state index in [2.05, 4.69) is 10.3 Å². The molecule has 1 unspecified atom stereocenters. The zero-order valence-corrected chi connectivity index (χ0v) is 18.4. The summed E-state index contributed by atoms with van der Waals surface area (Å²) in [6, 6.07) is 7.69. The van der Waals surface area contributed by atoms with Gasteiger partial charge >= 0.3 is 0 Å². The molecule has 1 atom stereocenters. The van der Waals surface area contributed by atoms with Crippen LogP contribution in [0.25, 0.3) is 10.6 Å². The number of hydrogen-bond donors (Lipinski definition) is 0. The number of carbonyl (C=O) groups excluding carboxylic acids is 2. The van der Waals surface area contributed by atoms with Crippen LogP contribution in [-0.2, 0) is 16.1 Å². The van der Waals surface area contributed by atoms with Gasteiger partial charge in [0.2, 0.25) is 11.8 Å². The van der Waals surface area contributed by atoms with Crippen LogP contribution >= 0.6 is 11.3 Å². The molecule has 8 heteroatoms. The fourth-order valence-electron chi connectivity index (χ4n) is 4.21. The molecule has 7 nitrogen and oxygen atoms in total. The lowest BCUT2D eigenvalue weighted by atomic mass is 10.1. The first kappa shape index (κ1) is 20.8.